The minimum Gasteiger partial charge on any atom is -0.339 e. The van der Waals surface area contributed by atoms with Crippen LogP contribution in [0.5, 0.6) is 0 Å². The summed E-state index contributed by atoms with van der Waals surface area (Å²) in [6.07, 6.45) is 0. The number of allylic oxidation sites excluding steroid dienone is 1. The van der Waals surface area contributed by atoms with E-state index in [1.54, 1.807) is 17.0 Å². The highest BCUT2D eigenvalue weighted by atomic mass is 19.1. The van der Waals surface area contributed by atoms with Crippen molar-refractivity contribution in [3.05, 3.63) is 46.9 Å². The molecule has 0 saturated carbocycles. The molecular weight excluding hydrogens is 309 g/mol. The van der Waals surface area contributed by atoms with Gasteiger partial charge in [0.1, 0.15) is 5.82 Å². The number of benzene rings is 1. The van der Waals surface area contributed by atoms with Gasteiger partial charge in [0.05, 0.1) is 11.6 Å². The summed E-state index contributed by atoms with van der Waals surface area (Å²) in [6, 6.07) is 4.91. The van der Waals surface area contributed by atoms with Crippen molar-refractivity contribution in [2.75, 3.05) is 13.1 Å². The zero-order valence-corrected chi connectivity index (χ0v) is 14.5. The predicted octanol–water partition coefficient (Wildman–Crippen LogP) is 2.96. The van der Waals surface area contributed by atoms with E-state index in [1.165, 1.54) is 12.1 Å². The maximum absolute atomic E-state index is 13.2. The maximum Gasteiger partial charge on any atom is 0.319 e. The van der Waals surface area contributed by atoms with E-state index in [0.717, 1.165) is 0 Å². The van der Waals surface area contributed by atoms with Crippen LogP contribution in [0.15, 0.2) is 35.5 Å². The van der Waals surface area contributed by atoms with Crippen LogP contribution in [-0.4, -0.2) is 29.9 Å². The van der Waals surface area contributed by atoms with Gasteiger partial charge in [0.15, 0.2) is 0 Å². The third-order valence-corrected chi connectivity index (χ3v) is 4.16. The summed E-state index contributed by atoms with van der Waals surface area (Å²) >= 11 is 0. The minimum absolute atomic E-state index is 0.0199. The summed E-state index contributed by atoms with van der Waals surface area (Å²) in [5.74, 6) is -0.497. The Morgan fingerprint density at radius 3 is 2.29 bits per heavy atom. The molecular formula is C18H24FN3O2. The smallest absolute Gasteiger partial charge is 0.319 e. The Hall–Kier alpha value is -2.37. The normalized spacial score (nSPS) is 17.6. The van der Waals surface area contributed by atoms with E-state index in [9.17, 15) is 14.0 Å². The number of hydrogen-bond acceptors (Lipinski definition) is 2. The standard InChI is InChI=1S/C18H24FN3O2/c1-5-22(6-2)17(23)14-15(11(3)4)20-18(24)21-16(14)12-7-9-13(19)10-8-12/h7-11,16H,5-6H2,1-4H3,(H2,20,21,24). The van der Waals surface area contributed by atoms with Crippen molar-refractivity contribution in [1.29, 1.82) is 0 Å². The average molecular weight is 333 g/mol. The molecule has 1 aliphatic rings. The van der Waals surface area contributed by atoms with Crippen molar-refractivity contribution in [2.45, 2.75) is 33.7 Å². The Morgan fingerprint density at radius 2 is 1.79 bits per heavy atom. The number of halogens is 1. The zero-order chi connectivity index (χ0) is 17.9. The van der Waals surface area contributed by atoms with Crippen LogP contribution in [0.3, 0.4) is 0 Å². The number of carbonyl (C=O) groups is 2. The third kappa shape index (κ3) is 3.58. The van der Waals surface area contributed by atoms with E-state index in [4.69, 9.17) is 0 Å². The first-order chi connectivity index (χ1) is 11.4. The Balaban J connectivity index is 2.56. The van der Waals surface area contributed by atoms with E-state index < -0.39 is 6.04 Å². The van der Waals surface area contributed by atoms with Gasteiger partial charge in [0.25, 0.3) is 5.91 Å². The molecule has 1 unspecified atom stereocenters. The SMILES string of the molecule is CCN(CC)C(=O)C1=C(C(C)C)NC(=O)NC1c1ccc(F)cc1. The molecule has 0 spiro atoms. The quantitative estimate of drug-likeness (QED) is 0.870. The van der Waals surface area contributed by atoms with Crippen molar-refractivity contribution in [1.82, 2.24) is 15.5 Å². The number of hydrogen-bond donors (Lipinski definition) is 2. The number of rotatable bonds is 5. The molecule has 0 bridgehead atoms. The van der Waals surface area contributed by atoms with Gasteiger partial charge in [-0.05, 0) is 37.5 Å². The summed E-state index contributed by atoms with van der Waals surface area (Å²) in [6.45, 7) is 8.84. The molecule has 2 rings (SSSR count). The van der Waals surface area contributed by atoms with E-state index in [2.05, 4.69) is 10.6 Å². The highest BCUT2D eigenvalue weighted by Gasteiger charge is 2.35. The molecule has 3 amide bonds. The van der Waals surface area contributed by atoms with Crippen molar-refractivity contribution < 1.29 is 14.0 Å². The first kappa shape index (κ1) is 18.0. The van der Waals surface area contributed by atoms with Gasteiger partial charge in [0.2, 0.25) is 0 Å². The van der Waals surface area contributed by atoms with Gasteiger partial charge in [0, 0.05) is 18.8 Å². The van der Waals surface area contributed by atoms with E-state index in [0.29, 0.717) is 29.9 Å². The van der Waals surface area contributed by atoms with Crippen molar-refractivity contribution >= 4 is 11.9 Å². The van der Waals surface area contributed by atoms with Gasteiger partial charge in [-0.3, -0.25) is 4.79 Å². The molecule has 1 aromatic carbocycles. The molecule has 2 N–H and O–H groups in total. The molecule has 0 aromatic heterocycles. The van der Waals surface area contributed by atoms with Crippen molar-refractivity contribution in [3.63, 3.8) is 0 Å². The summed E-state index contributed by atoms with van der Waals surface area (Å²) in [5, 5.41) is 5.56. The first-order valence-electron chi connectivity index (χ1n) is 8.25. The predicted molar refractivity (Wildman–Crippen MR) is 90.6 cm³/mol. The van der Waals surface area contributed by atoms with Crippen LogP contribution in [0.2, 0.25) is 0 Å². The molecule has 24 heavy (non-hydrogen) atoms. The maximum atomic E-state index is 13.2. The Bertz CT molecular complexity index is 649. The lowest BCUT2D eigenvalue weighted by atomic mass is 9.90. The van der Waals surface area contributed by atoms with Crippen LogP contribution in [0.25, 0.3) is 0 Å². The fourth-order valence-corrected chi connectivity index (χ4v) is 2.86. The van der Waals surface area contributed by atoms with E-state index in [1.807, 2.05) is 27.7 Å². The largest absolute Gasteiger partial charge is 0.339 e. The van der Waals surface area contributed by atoms with Gasteiger partial charge in [-0.25, -0.2) is 9.18 Å². The van der Waals surface area contributed by atoms with Gasteiger partial charge < -0.3 is 15.5 Å². The second-order valence-electron chi connectivity index (χ2n) is 6.04. The molecule has 6 heteroatoms. The number of nitrogens with one attached hydrogen (secondary N) is 2. The Labute approximate surface area is 141 Å². The van der Waals surface area contributed by atoms with Crippen LogP contribution in [-0.2, 0) is 4.79 Å². The molecule has 0 fully saturated rings. The number of amides is 3. The Kier molecular flexibility index (Phi) is 5.59. The second kappa shape index (κ2) is 7.47. The molecule has 130 valence electrons. The molecule has 0 aliphatic carbocycles. The lowest BCUT2D eigenvalue weighted by Crippen LogP contribution is -2.49. The summed E-state index contributed by atoms with van der Waals surface area (Å²) < 4.78 is 13.2. The fraction of sp³-hybridized carbons (Fsp3) is 0.444. The average Bonchev–Trinajstić information content (AvgIpc) is 2.55. The molecule has 0 radical (unpaired) electrons. The highest BCUT2D eigenvalue weighted by molar-refractivity contribution is 5.98. The monoisotopic (exact) mass is 333 g/mol. The van der Waals surface area contributed by atoms with Gasteiger partial charge in [-0.15, -0.1) is 0 Å². The van der Waals surface area contributed by atoms with Crippen LogP contribution in [0.4, 0.5) is 9.18 Å². The highest BCUT2D eigenvalue weighted by Crippen LogP contribution is 2.31. The summed E-state index contributed by atoms with van der Waals surface area (Å²) in [5.41, 5.74) is 1.81. The Morgan fingerprint density at radius 1 is 1.21 bits per heavy atom. The summed E-state index contributed by atoms with van der Waals surface area (Å²) in [4.78, 5) is 26.8. The number of carbonyl (C=O) groups excluding carboxylic acids is 2. The molecule has 1 atom stereocenters. The third-order valence-electron chi connectivity index (χ3n) is 4.16. The second-order valence-corrected chi connectivity index (χ2v) is 6.04. The lowest BCUT2D eigenvalue weighted by Gasteiger charge is -2.33. The van der Waals surface area contributed by atoms with Gasteiger partial charge in [-0.2, -0.15) is 0 Å². The molecule has 1 heterocycles. The number of likely N-dealkylation sites (N-methyl/N-ethyl adjacent to an activating group) is 1. The van der Waals surface area contributed by atoms with E-state index in [-0.39, 0.29) is 23.7 Å². The zero-order valence-electron chi connectivity index (χ0n) is 14.5. The fourth-order valence-electron chi connectivity index (χ4n) is 2.86. The van der Waals surface area contributed by atoms with E-state index >= 15 is 0 Å². The molecule has 1 aliphatic heterocycles. The van der Waals surface area contributed by atoms with Gasteiger partial charge in [-0.1, -0.05) is 26.0 Å². The van der Waals surface area contributed by atoms with Crippen LogP contribution in [0, 0.1) is 11.7 Å². The number of urea groups is 1. The number of nitrogens with zero attached hydrogens (tertiary/aromatic N) is 1. The van der Waals surface area contributed by atoms with Crippen LogP contribution >= 0.6 is 0 Å². The molecule has 0 saturated heterocycles. The molecule has 5 nitrogen and oxygen atoms in total. The summed E-state index contributed by atoms with van der Waals surface area (Å²) in [7, 11) is 0. The molecule has 1 aromatic rings. The lowest BCUT2D eigenvalue weighted by molar-refractivity contribution is -0.127. The van der Waals surface area contributed by atoms with Crippen LogP contribution < -0.4 is 10.6 Å². The van der Waals surface area contributed by atoms with Crippen LogP contribution in [0.1, 0.15) is 39.3 Å². The topological polar surface area (TPSA) is 61.4 Å². The first-order valence-corrected chi connectivity index (χ1v) is 8.25. The van der Waals surface area contributed by atoms with Crippen molar-refractivity contribution in [3.8, 4) is 0 Å². The van der Waals surface area contributed by atoms with Crippen molar-refractivity contribution in [2.24, 2.45) is 5.92 Å². The minimum atomic E-state index is -0.593. The van der Waals surface area contributed by atoms with Gasteiger partial charge >= 0.3 is 6.03 Å².